The van der Waals surface area contributed by atoms with E-state index in [1.807, 2.05) is 0 Å². The van der Waals surface area contributed by atoms with Crippen molar-refractivity contribution in [2.24, 2.45) is 0 Å². The van der Waals surface area contributed by atoms with E-state index in [1.54, 1.807) is 0 Å². The Morgan fingerprint density at radius 2 is 1.29 bits per heavy atom. The lowest BCUT2D eigenvalue weighted by molar-refractivity contribution is 0.304. The van der Waals surface area contributed by atoms with Gasteiger partial charge in [0, 0.05) is 0 Å². The zero-order valence-corrected chi connectivity index (χ0v) is 14.4. The van der Waals surface area contributed by atoms with Crippen LogP contribution >= 0.6 is 0 Å². The van der Waals surface area contributed by atoms with Crippen LogP contribution in [0.1, 0.15) is 82.3 Å². The first-order valence-electron chi connectivity index (χ1n) is 8.94. The van der Waals surface area contributed by atoms with Crippen molar-refractivity contribution >= 4 is 0 Å². The maximum absolute atomic E-state index is 5.81. The first kappa shape index (κ1) is 18.1. The van der Waals surface area contributed by atoms with Gasteiger partial charge in [-0.1, -0.05) is 70.8 Å². The van der Waals surface area contributed by atoms with Crippen molar-refractivity contribution in [2.75, 3.05) is 6.61 Å². The molecule has 1 aromatic carbocycles. The molecule has 0 unspecified atom stereocenters. The first-order chi connectivity index (χ1) is 10.2. The highest BCUT2D eigenvalue weighted by molar-refractivity contribution is 5.33. The van der Waals surface area contributed by atoms with Gasteiger partial charge < -0.3 is 4.74 Å². The predicted octanol–water partition coefficient (Wildman–Crippen LogP) is 6.60. The molecule has 1 heteroatoms. The summed E-state index contributed by atoms with van der Waals surface area (Å²) in [6.45, 7) is 7.42. The summed E-state index contributed by atoms with van der Waals surface area (Å²) in [5.41, 5.74) is 2.65. The van der Waals surface area contributed by atoms with Crippen LogP contribution in [0.3, 0.4) is 0 Å². The van der Waals surface area contributed by atoms with Gasteiger partial charge in [-0.3, -0.25) is 0 Å². The van der Waals surface area contributed by atoms with E-state index < -0.39 is 0 Å². The van der Waals surface area contributed by atoms with Crippen molar-refractivity contribution in [2.45, 2.75) is 85.0 Å². The largest absolute Gasteiger partial charge is 0.494 e. The van der Waals surface area contributed by atoms with E-state index in [2.05, 4.69) is 39.0 Å². The minimum atomic E-state index is 0.860. The zero-order chi connectivity index (χ0) is 15.3. The molecule has 0 saturated carbocycles. The number of aryl methyl sites for hydroxylation is 2. The maximum Gasteiger partial charge on any atom is 0.119 e. The van der Waals surface area contributed by atoms with Crippen LogP contribution in [0.4, 0.5) is 0 Å². The van der Waals surface area contributed by atoms with E-state index in [4.69, 9.17) is 4.74 Å². The van der Waals surface area contributed by atoms with Gasteiger partial charge in [0.1, 0.15) is 5.75 Å². The Morgan fingerprint density at radius 1 is 0.714 bits per heavy atom. The molecule has 1 rings (SSSR count). The average molecular weight is 290 g/mol. The number of benzene rings is 1. The van der Waals surface area contributed by atoms with Gasteiger partial charge >= 0.3 is 0 Å². The molecule has 0 aliphatic rings. The van der Waals surface area contributed by atoms with Crippen LogP contribution in [-0.2, 0) is 0 Å². The Kier molecular flexibility index (Phi) is 10.0. The highest BCUT2D eigenvalue weighted by Gasteiger charge is 1.97. The summed E-state index contributed by atoms with van der Waals surface area (Å²) < 4.78 is 5.81. The summed E-state index contributed by atoms with van der Waals surface area (Å²) in [6.07, 6.45) is 13.7. The fourth-order valence-corrected chi connectivity index (χ4v) is 2.58. The molecular formula is C20H34O. The molecule has 0 spiro atoms. The molecule has 0 radical (unpaired) electrons. The third-order valence-corrected chi connectivity index (χ3v) is 4.24. The van der Waals surface area contributed by atoms with Gasteiger partial charge in [-0.2, -0.15) is 0 Å². The second-order valence-corrected chi connectivity index (χ2v) is 6.28. The van der Waals surface area contributed by atoms with E-state index in [9.17, 15) is 0 Å². The highest BCUT2D eigenvalue weighted by Crippen LogP contribution is 2.17. The highest BCUT2D eigenvalue weighted by atomic mass is 16.5. The molecule has 120 valence electrons. The van der Waals surface area contributed by atoms with Gasteiger partial charge in [0.05, 0.1) is 6.61 Å². The number of hydrogen-bond acceptors (Lipinski definition) is 1. The van der Waals surface area contributed by atoms with E-state index in [0.29, 0.717) is 0 Å². The summed E-state index contributed by atoms with van der Waals surface area (Å²) in [5, 5.41) is 0. The summed E-state index contributed by atoms with van der Waals surface area (Å²) in [5.74, 6) is 1.02. The summed E-state index contributed by atoms with van der Waals surface area (Å²) in [6, 6.07) is 6.37. The van der Waals surface area contributed by atoms with Crippen LogP contribution in [0.15, 0.2) is 18.2 Å². The van der Waals surface area contributed by atoms with Gasteiger partial charge in [-0.25, -0.2) is 0 Å². The summed E-state index contributed by atoms with van der Waals surface area (Å²) >= 11 is 0. The van der Waals surface area contributed by atoms with E-state index in [-0.39, 0.29) is 0 Å². The number of rotatable bonds is 12. The first-order valence-corrected chi connectivity index (χ1v) is 8.94. The van der Waals surface area contributed by atoms with Crippen molar-refractivity contribution in [3.63, 3.8) is 0 Å². The predicted molar refractivity (Wildman–Crippen MR) is 93.3 cm³/mol. The minimum Gasteiger partial charge on any atom is -0.494 e. The second-order valence-electron chi connectivity index (χ2n) is 6.28. The van der Waals surface area contributed by atoms with Crippen LogP contribution in [-0.4, -0.2) is 6.61 Å². The minimum absolute atomic E-state index is 0.860. The van der Waals surface area contributed by atoms with Crippen LogP contribution in [0.5, 0.6) is 5.75 Å². The molecular weight excluding hydrogens is 256 g/mol. The Bertz CT molecular complexity index is 370. The molecule has 0 fully saturated rings. The van der Waals surface area contributed by atoms with Crippen molar-refractivity contribution in [3.05, 3.63) is 29.3 Å². The molecule has 0 aromatic heterocycles. The van der Waals surface area contributed by atoms with Crippen molar-refractivity contribution in [1.29, 1.82) is 0 Å². The van der Waals surface area contributed by atoms with E-state index in [1.165, 1.54) is 75.3 Å². The standard InChI is InChI=1S/C20H34O/c1-4-5-6-7-8-9-10-11-12-13-16-21-20-15-14-18(2)19(3)17-20/h14-15,17H,4-13,16H2,1-3H3. The fourth-order valence-electron chi connectivity index (χ4n) is 2.58. The van der Waals surface area contributed by atoms with Crippen LogP contribution < -0.4 is 4.74 Å². The van der Waals surface area contributed by atoms with Crippen LogP contribution in [0.25, 0.3) is 0 Å². The topological polar surface area (TPSA) is 9.23 Å². The quantitative estimate of drug-likeness (QED) is 0.394. The lowest BCUT2D eigenvalue weighted by Crippen LogP contribution is -1.98. The second kappa shape index (κ2) is 11.7. The Balaban J connectivity index is 1.91. The molecule has 0 saturated heterocycles. The van der Waals surface area contributed by atoms with Gasteiger partial charge in [-0.05, 0) is 43.5 Å². The molecule has 0 aliphatic heterocycles. The van der Waals surface area contributed by atoms with Crippen LogP contribution in [0, 0.1) is 13.8 Å². The Hall–Kier alpha value is -0.980. The van der Waals surface area contributed by atoms with E-state index in [0.717, 1.165) is 12.4 Å². The third-order valence-electron chi connectivity index (χ3n) is 4.24. The normalized spacial score (nSPS) is 10.8. The van der Waals surface area contributed by atoms with Crippen molar-refractivity contribution in [3.8, 4) is 5.75 Å². The molecule has 0 heterocycles. The van der Waals surface area contributed by atoms with Gasteiger partial charge in [0.2, 0.25) is 0 Å². The summed E-state index contributed by atoms with van der Waals surface area (Å²) in [7, 11) is 0. The molecule has 0 N–H and O–H groups in total. The van der Waals surface area contributed by atoms with Gasteiger partial charge in [0.25, 0.3) is 0 Å². The Labute approximate surface area is 132 Å². The number of ether oxygens (including phenoxy) is 1. The monoisotopic (exact) mass is 290 g/mol. The van der Waals surface area contributed by atoms with E-state index >= 15 is 0 Å². The molecule has 0 amide bonds. The average Bonchev–Trinajstić information content (AvgIpc) is 2.48. The lowest BCUT2D eigenvalue weighted by atomic mass is 10.1. The zero-order valence-electron chi connectivity index (χ0n) is 14.4. The lowest BCUT2D eigenvalue weighted by Gasteiger charge is -2.08. The third kappa shape index (κ3) is 8.80. The van der Waals surface area contributed by atoms with Crippen molar-refractivity contribution in [1.82, 2.24) is 0 Å². The number of unbranched alkanes of at least 4 members (excludes halogenated alkanes) is 9. The molecule has 0 atom stereocenters. The maximum atomic E-state index is 5.81. The molecule has 0 bridgehead atoms. The fraction of sp³-hybridized carbons (Fsp3) is 0.700. The Morgan fingerprint density at radius 3 is 1.86 bits per heavy atom. The number of hydrogen-bond donors (Lipinski definition) is 0. The molecule has 0 aliphatic carbocycles. The van der Waals surface area contributed by atoms with Gasteiger partial charge in [0.15, 0.2) is 0 Å². The smallest absolute Gasteiger partial charge is 0.119 e. The van der Waals surface area contributed by atoms with Crippen LogP contribution in [0.2, 0.25) is 0 Å². The molecule has 1 aromatic rings. The van der Waals surface area contributed by atoms with Crippen molar-refractivity contribution < 1.29 is 4.74 Å². The SMILES string of the molecule is CCCCCCCCCCCCOc1ccc(C)c(C)c1. The molecule has 21 heavy (non-hydrogen) atoms. The summed E-state index contributed by atoms with van der Waals surface area (Å²) in [4.78, 5) is 0. The van der Waals surface area contributed by atoms with Gasteiger partial charge in [-0.15, -0.1) is 0 Å². The molecule has 1 nitrogen and oxygen atoms in total.